The zero-order valence-corrected chi connectivity index (χ0v) is 19.5. The van der Waals surface area contributed by atoms with Crippen LogP contribution < -0.4 is 0 Å². The van der Waals surface area contributed by atoms with E-state index in [0.717, 1.165) is 24.6 Å². The molecule has 1 aliphatic heterocycles. The molecule has 4 heterocycles. The molecule has 1 aliphatic carbocycles. The summed E-state index contributed by atoms with van der Waals surface area (Å²) in [5, 5.41) is 4.41. The quantitative estimate of drug-likeness (QED) is 0.332. The van der Waals surface area contributed by atoms with E-state index in [4.69, 9.17) is 16.3 Å². The van der Waals surface area contributed by atoms with Gasteiger partial charge in [0.1, 0.15) is 5.82 Å². The van der Waals surface area contributed by atoms with Crippen LogP contribution in [0.15, 0.2) is 42.7 Å². The molecule has 9 heteroatoms. The van der Waals surface area contributed by atoms with Gasteiger partial charge in [-0.1, -0.05) is 11.6 Å². The van der Waals surface area contributed by atoms with Crippen LogP contribution in [0, 0.1) is 18.6 Å². The normalized spacial score (nSPS) is 16.4. The number of rotatable bonds is 3. The second-order valence-electron chi connectivity index (χ2n) is 8.58. The molecule has 0 unspecified atom stereocenters. The number of pyridine rings is 1. The minimum Gasteiger partial charge on any atom is -0.381 e. The number of hydrogen-bond acceptors (Lipinski definition) is 5. The Morgan fingerprint density at radius 3 is 2.47 bits per heavy atom. The highest BCUT2D eigenvalue weighted by atomic mass is 35.5. The zero-order chi connectivity index (χ0) is 23.7. The Bertz CT molecular complexity index is 1300. The first kappa shape index (κ1) is 22.8. The lowest BCUT2D eigenvalue weighted by Gasteiger charge is -2.21. The van der Waals surface area contributed by atoms with Gasteiger partial charge >= 0.3 is 0 Å². The van der Waals surface area contributed by atoms with Gasteiger partial charge in [0.05, 0.1) is 16.8 Å². The van der Waals surface area contributed by atoms with Gasteiger partial charge in [-0.05, 0) is 62.9 Å². The maximum Gasteiger partial charge on any atom is 0.178 e. The molecule has 4 aromatic rings. The van der Waals surface area contributed by atoms with E-state index in [1.165, 1.54) is 25.0 Å². The summed E-state index contributed by atoms with van der Waals surface area (Å²) in [6.07, 6.45) is 8.07. The standard InChI is InChI=1S/C19H16ClF2N3O.C6H8N2/c1-10-2-3-13-17(12-4-5-14(20)16(22)15(12)21)24-18(25-19(13)23-10)11-6-8-26-9-7-11;1-4-7-8(5-1)6-2-3-6/h2-5,11H,6-9H2,1H3;1,4-6H,2-3H2. The van der Waals surface area contributed by atoms with Crippen molar-refractivity contribution in [3.8, 4) is 11.3 Å². The Kier molecular flexibility index (Phi) is 6.52. The Labute approximate surface area is 201 Å². The van der Waals surface area contributed by atoms with Crippen LogP contribution >= 0.6 is 11.6 Å². The summed E-state index contributed by atoms with van der Waals surface area (Å²) in [6.45, 7) is 3.12. The van der Waals surface area contributed by atoms with E-state index in [1.54, 1.807) is 12.1 Å². The summed E-state index contributed by atoms with van der Waals surface area (Å²) in [4.78, 5) is 13.7. The number of ether oxygens (including phenoxy) is 1. The topological polar surface area (TPSA) is 65.7 Å². The summed E-state index contributed by atoms with van der Waals surface area (Å²) in [5.41, 5.74) is 1.66. The van der Waals surface area contributed by atoms with Gasteiger partial charge in [0.2, 0.25) is 0 Å². The number of hydrogen-bond donors (Lipinski definition) is 0. The number of benzene rings is 1. The second kappa shape index (κ2) is 9.72. The Morgan fingerprint density at radius 2 is 1.76 bits per heavy atom. The van der Waals surface area contributed by atoms with E-state index in [2.05, 4.69) is 20.1 Å². The zero-order valence-electron chi connectivity index (χ0n) is 18.7. The molecule has 34 heavy (non-hydrogen) atoms. The molecule has 0 spiro atoms. The van der Waals surface area contributed by atoms with Crippen molar-refractivity contribution in [1.29, 1.82) is 0 Å². The highest BCUT2D eigenvalue weighted by Gasteiger charge is 2.24. The Morgan fingerprint density at radius 1 is 0.971 bits per heavy atom. The van der Waals surface area contributed by atoms with Crippen molar-refractivity contribution >= 4 is 22.6 Å². The van der Waals surface area contributed by atoms with E-state index in [1.807, 2.05) is 30.1 Å². The summed E-state index contributed by atoms with van der Waals surface area (Å²) < 4.78 is 36.0. The molecule has 2 aliphatic rings. The predicted octanol–water partition coefficient (Wildman–Crippen LogP) is 6.04. The van der Waals surface area contributed by atoms with Gasteiger partial charge in [0.15, 0.2) is 17.3 Å². The third-order valence-corrected chi connectivity index (χ3v) is 6.33. The summed E-state index contributed by atoms with van der Waals surface area (Å²) in [7, 11) is 0. The molecular weight excluding hydrogens is 460 g/mol. The van der Waals surface area contributed by atoms with Crippen molar-refractivity contribution in [1.82, 2.24) is 24.7 Å². The Hall–Kier alpha value is -2.97. The number of aromatic nitrogens is 5. The van der Waals surface area contributed by atoms with Crippen LogP contribution in [0.5, 0.6) is 0 Å². The molecule has 0 N–H and O–H groups in total. The summed E-state index contributed by atoms with van der Waals surface area (Å²) >= 11 is 5.69. The van der Waals surface area contributed by atoms with Gasteiger partial charge in [-0.3, -0.25) is 4.68 Å². The summed E-state index contributed by atoms with van der Waals surface area (Å²) in [5.74, 6) is -1.40. The lowest BCUT2D eigenvalue weighted by atomic mass is 9.98. The predicted molar refractivity (Wildman–Crippen MR) is 126 cm³/mol. The molecule has 1 saturated heterocycles. The van der Waals surface area contributed by atoms with Crippen molar-refractivity contribution in [2.75, 3.05) is 13.2 Å². The van der Waals surface area contributed by atoms with Crippen molar-refractivity contribution in [3.63, 3.8) is 0 Å². The minimum absolute atomic E-state index is 0.0539. The van der Waals surface area contributed by atoms with Gasteiger partial charge in [0, 0.05) is 48.2 Å². The molecular formula is C25H24ClF2N5O. The number of fused-ring (bicyclic) bond motifs is 1. The van der Waals surface area contributed by atoms with Gasteiger partial charge < -0.3 is 4.74 Å². The molecule has 3 aromatic heterocycles. The monoisotopic (exact) mass is 483 g/mol. The maximum atomic E-state index is 14.6. The van der Waals surface area contributed by atoms with E-state index in [0.29, 0.717) is 35.8 Å². The molecule has 0 bridgehead atoms. The molecule has 1 aromatic carbocycles. The first-order chi connectivity index (χ1) is 16.5. The first-order valence-corrected chi connectivity index (χ1v) is 11.7. The molecule has 6 nitrogen and oxygen atoms in total. The average molecular weight is 484 g/mol. The van der Waals surface area contributed by atoms with Crippen molar-refractivity contribution in [2.45, 2.75) is 44.6 Å². The lowest BCUT2D eigenvalue weighted by Crippen LogP contribution is -2.17. The fourth-order valence-electron chi connectivity index (χ4n) is 4.01. The van der Waals surface area contributed by atoms with Crippen LogP contribution in [0.25, 0.3) is 22.3 Å². The van der Waals surface area contributed by atoms with Crippen LogP contribution in [0.2, 0.25) is 5.02 Å². The molecule has 0 radical (unpaired) electrons. The molecule has 176 valence electrons. The van der Waals surface area contributed by atoms with Crippen LogP contribution in [0.4, 0.5) is 8.78 Å². The molecule has 1 saturated carbocycles. The number of halogens is 3. The molecule has 6 rings (SSSR count). The van der Waals surface area contributed by atoms with Crippen LogP contribution in [0.3, 0.4) is 0 Å². The fourth-order valence-corrected chi connectivity index (χ4v) is 4.16. The third kappa shape index (κ3) is 4.79. The lowest BCUT2D eigenvalue weighted by molar-refractivity contribution is 0.0836. The first-order valence-electron chi connectivity index (χ1n) is 11.4. The molecule has 0 amide bonds. The smallest absolute Gasteiger partial charge is 0.178 e. The van der Waals surface area contributed by atoms with Crippen LogP contribution in [-0.2, 0) is 4.74 Å². The van der Waals surface area contributed by atoms with E-state index in [9.17, 15) is 8.78 Å². The highest BCUT2D eigenvalue weighted by molar-refractivity contribution is 6.30. The minimum atomic E-state index is -1.08. The highest BCUT2D eigenvalue weighted by Crippen LogP contribution is 2.34. The van der Waals surface area contributed by atoms with Crippen LogP contribution in [-0.4, -0.2) is 37.9 Å². The van der Waals surface area contributed by atoms with Gasteiger partial charge in [-0.25, -0.2) is 23.7 Å². The van der Waals surface area contributed by atoms with Crippen molar-refractivity contribution < 1.29 is 13.5 Å². The summed E-state index contributed by atoms with van der Waals surface area (Å²) in [6, 6.07) is 9.07. The molecule has 2 fully saturated rings. The van der Waals surface area contributed by atoms with Gasteiger partial charge in [0.25, 0.3) is 0 Å². The third-order valence-electron chi connectivity index (χ3n) is 6.04. The van der Waals surface area contributed by atoms with Crippen molar-refractivity contribution in [2.24, 2.45) is 0 Å². The second-order valence-corrected chi connectivity index (χ2v) is 8.99. The molecule has 0 atom stereocenters. The number of nitrogens with zero attached hydrogens (tertiary/aromatic N) is 5. The van der Waals surface area contributed by atoms with E-state index in [-0.39, 0.29) is 16.5 Å². The maximum absolute atomic E-state index is 14.6. The van der Waals surface area contributed by atoms with Crippen LogP contribution in [0.1, 0.15) is 49.2 Å². The van der Waals surface area contributed by atoms with E-state index >= 15 is 0 Å². The van der Waals surface area contributed by atoms with Gasteiger partial charge in [-0.2, -0.15) is 5.10 Å². The fraction of sp³-hybridized carbons (Fsp3) is 0.360. The SMILES string of the molecule is Cc1ccc2c(-c3ccc(Cl)c(F)c3F)nc(C3CCOCC3)nc2n1.c1cnn(C2CC2)c1. The average Bonchev–Trinajstić information content (AvgIpc) is 3.56. The Balaban J connectivity index is 0.000000252. The van der Waals surface area contributed by atoms with Gasteiger partial charge in [-0.15, -0.1) is 0 Å². The van der Waals surface area contributed by atoms with Crippen molar-refractivity contribution in [3.05, 3.63) is 70.9 Å². The van der Waals surface area contributed by atoms with E-state index < -0.39 is 11.6 Å². The number of aryl methyl sites for hydroxylation is 1. The largest absolute Gasteiger partial charge is 0.381 e.